The summed E-state index contributed by atoms with van der Waals surface area (Å²) in [5.74, 6) is 0.709. The standard InChI is InChI=1S/C16H22N2O4.C2H6.CH4/c1-16(2,3)22-15(20)18-13(14(19)10-17)9-11-5-7-12(21-4)8-6-11;1-2;/h5-8,13-14,19H,9H2,1-4H3,(H,18,20);1-2H3;1H4/t13-,14?;;/m0../s1. The van der Waals surface area contributed by atoms with Crippen LogP contribution in [0, 0.1) is 11.3 Å². The predicted octanol–water partition coefficient (Wildman–Crippen LogP) is 3.68. The molecule has 142 valence electrons. The second-order valence-corrected chi connectivity index (χ2v) is 5.88. The quantitative estimate of drug-likeness (QED) is 0.789. The van der Waals surface area contributed by atoms with Gasteiger partial charge in [-0.2, -0.15) is 5.26 Å². The highest BCUT2D eigenvalue weighted by atomic mass is 16.6. The van der Waals surface area contributed by atoms with E-state index in [1.807, 2.05) is 26.0 Å². The topological polar surface area (TPSA) is 91.6 Å². The van der Waals surface area contributed by atoms with Gasteiger partial charge >= 0.3 is 6.09 Å². The van der Waals surface area contributed by atoms with Crippen molar-refractivity contribution in [3.63, 3.8) is 0 Å². The largest absolute Gasteiger partial charge is 0.497 e. The highest BCUT2D eigenvalue weighted by molar-refractivity contribution is 5.68. The summed E-state index contributed by atoms with van der Waals surface area (Å²) in [5.41, 5.74) is 0.211. The molecule has 0 aromatic heterocycles. The fraction of sp³-hybridized carbons (Fsp3) is 0.579. The maximum Gasteiger partial charge on any atom is 0.408 e. The second kappa shape index (κ2) is 12.2. The Morgan fingerprint density at radius 3 is 2.20 bits per heavy atom. The summed E-state index contributed by atoms with van der Waals surface area (Å²) in [5, 5.41) is 21.2. The number of ether oxygens (including phenoxy) is 2. The molecule has 2 atom stereocenters. The molecule has 0 saturated heterocycles. The molecule has 1 rings (SSSR count). The van der Waals surface area contributed by atoms with Gasteiger partial charge in [-0.25, -0.2) is 4.79 Å². The minimum atomic E-state index is -1.32. The van der Waals surface area contributed by atoms with Gasteiger partial charge in [0.2, 0.25) is 0 Å². The maximum absolute atomic E-state index is 11.8. The first-order valence-corrected chi connectivity index (χ1v) is 7.95. The zero-order chi connectivity index (χ0) is 18.8. The van der Waals surface area contributed by atoms with Crippen molar-refractivity contribution in [2.24, 2.45) is 0 Å². The molecule has 1 unspecified atom stereocenters. The van der Waals surface area contributed by atoms with Crippen molar-refractivity contribution in [3.8, 4) is 11.8 Å². The van der Waals surface area contributed by atoms with Gasteiger partial charge in [-0.05, 0) is 44.9 Å². The Morgan fingerprint density at radius 1 is 1.28 bits per heavy atom. The monoisotopic (exact) mass is 352 g/mol. The van der Waals surface area contributed by atoms with Crippen LogP contribution >= 0.6 is 0 Å². The number of aliphatic hydroxyl groups is 1. The molecular weight excluding hydrogens is 320 g/mol. The Bertz CT molecular complexity index is 530. The molecule has 0 spiro atoms. The lowest BCUT2D eigenvalue weighted by atomic mass is 10.0. The molecule has 0 aliphatic carbocycles. The van der Waals surface area contributed by atoms with Crippen molar-refractivity contribution in [2.75, 3.05) is 7.11 Å². The zero-order valence-electron chi connectivity index (χ0n) is 15.3. The number of nitrogens with zero attached hydrogens (tertiary/aromatic N) is 1. The average Bonchev–Trinajstić information content (AvgIpc) is 2.54. The van der Waals surface area contributed by atoms with Crippen molar-refractivity contribution in [1.29, 1.82) is 5.26 Å². The van der Waals surface area contributed by atoms with Crippen LogP contribution in [-0.2, 0) is 11.2 Å². The van der Waals surface area contributed by atoms with Gasteiger partial charge in [0, 0.05) is 0 Å². The highest BCUT2D eigenvalue weighted by Gasteiger charge is 2.24. The number of hydrogen-bond acceptors (Lipinski definition) is 5. The summed E-state index contributed by atoms with van der Waals surface area (Å²) in [6, 6.07) is 8.16. The molecule has 6 heteroatoms. The number of nitriles is 1. The van der Waals surface area contributed by atoms with E-state index in [0.717, 1.165) is 5.56 Å². The zero-order valence-corrected chi connectivity index (χ0v) is 15.3. The molecule has 2 N–H and O–H groups in total. The van der Waals surface area contributed by atoms with E-state index in [1.165, 1.54) is 0 Å². The second-order valence-electron chi connectivity index (χ2n) is 5.88. The minimum Gasteiger partial charge on any atom is -0.497 e. The third-order valence-electron chi connectivity index (χ3n) is 2.83. The van der Waals surface area contributed by atoms with E-state index < -0.39 is 23.8 Å². The number of nitrogens with one attached hydrogen (secondary N) is 1. The Kier molecular flexibility index (Phi) is 12.1. The molecular formula is C19H32N2O4. The van der Waals surface area contributed by atoms with Crippen LogP contribution in [-0.4, -0.2) is 36.1 Å². The summed E-state index contributed by atoms with van der Waals surface area (Å²) < 4.78 is 10.2. The Morgan fingerprint density at radius 2 is 1.80 bits per heavy atom. The number of hydrogen-bond donors (Lipinski definition) is 2. The number of alkyl carbamates (subject to hydrolysis) is 1. The van der Waals surface area contributed by atoms with Crippen LogP contribution in [0.25, 0.3) is 0 Å². The van der Waals surface area contributed by atoms with E-state index in [1.54, 1.807) is 46.1 Å². The summed E-state index contributed by atoms with van der Waals surface area (Å²) in [6.45, 7) is 9.23. The molecule has 0 aliphatic heterocycles. The van der Waals surface area contributed by atoms with Gasteiger partial charge in [-0.15, -0.1) is 0 Å². The molecule has 1 aromatic carbocycles. The Hall–Kier alpha value is -2.26. The summed E-state index contributed by atoms with van der Waals surface area (Å²) in [4.78, 5) is 11.8. The van der Waals surface area contributed by atoms with Gasteiger partial charge in [0.25, 0.3) is 0 Å². The number of benzene rings is 1. The summed E-state index contributed by atoms with van der Waals surface area (Å²) in [6.07, 6.45) is -1.69. The van der Waals surface area contributed by atoms with Crippen LogP contribution in [0.3, 0.4) is 0 Å². The van der Waals surface area contributed by atoms with E-state index in [-0.39, 0.29) is 7.43 Å². The summed E-state index contributed by atoms with van der Waals surface area (Å²) in [7, 11) is 1.57. The molecule has 0 saturated carbocycles. The predicted molar refractivity (Wildman–Crippen MR) is 99.6 cm³/mol. The van der Waals surface area contributed by atoms with Crippen molar-refractivity contribution >= 4 is 6.09 Å². The van der Waals surface area contributed by atoms with Crippen LogP contribution in [0.1, 0.15) is 47.6 Å². The van der Waals surface area contributed by atoms with Crippen LogP contribution < -0.4 is 10.1 Å². The molecule has 25 heavy (non-hydrogen) atoms. The smallest absolute Gasteiger partial charge is 0.408 e. The van der Waals surface area contributed by atoms with Crippen LogP contribution in [0.4, 0.5) is 4.79 Å². The lowest BCUT2D eigenvalue weighted by molar-refractivity contribution is 0.0458. The number of amides is 1. The van der Waals surface area contributed by atoms with Gasteiger partial charge in [-0.3, -0.25) is 0 Å². The van der Waals surface area contributed by atoms with E-state index in [9.17, 15) is 9.90 Å². The lowest BCUT2D eigenvalue weighted by Gasteiger charge is -2.24. The SMILES string of the molecule is C.CC.COc1ccc(C[C@H](NC(=O)OC(C)(C)C)C(O)C#N)cc1. The molecule has 0 aliphatic rings. The molecule has 0 heterocycles. The first-order chi connectivity index (χ1) is 11.2. The first kappa shape index (κ1) is 25.0. The molecule has 0 fully saturated rings. The lowest BCUT2D eigenvalue weighted by Crippen LogP contribution is -2.46. The summed E-state index contributed by atoms with van der Waals surface area (Å²) >= 11 is 0. The van der Waals surface area contributed by atoms with E-state index >= 15 is 0 Å². The molecule has 6 nitrogen and oxygen atoms in total. The van der Waals surface area contributed by atoms with E-state index in [0.29, 0.717) is 12.2 Å². The fourth-order valence-corrected chi connectivity index (χ4v) is 1.81. The molecule has 1 amide bonds. The third-order valence-corrected chi connectivity index (χ3v) is 2.83. The Labute approximate surface area is 151 Å². The van der Waals surface area contributed by atoms with Crippen LogP contribution in [0.5, 0.6) is 5.75 Å². The van der Waals surface area contributed by atoms with Gasteiger partial charge in [0.05, 0.1) is 19.2 Å². The van der Waals surface area contributed by atoms with Gasteiger partial charge in [0.1, 0.15) is 11.4 Å². The van der Waals surface area contributed by atoms with Crippen molar-refractivity contribution in [1.82, 2.24) is 5.32 Å². The van der Waals surface area contributed by atoms with Gasteiger partial charge in [0.15, 0.2) is 6.10 Å². The van der Waals surface area contributed by atoms with Crippen molar-refractivity contribution in [3.05, 3.63) is 29.8 Å². The minimum absolute atomic E-state index is 0. The molecule has 0 radical (unpaired) electrons. The Balaban J connectivity index is 0. The fourth-order valence-electron chi connectivity index (χ4n) is 1.81. The third kappa shape index (κ3) is 10.3. The number of carbonyl (C=O) groups excluding carboxylic acids is 1. The maximum atomic E-state index is 11.8. The molecule has 0 bridgehead atoms. The normalized spacial score (nSPS) is 12.2. The number of carbonyl (C=O) groups is 1. The number of rotatable bonds is 5. The van der Waals surface area contributed by atoms with Crippen molar-refractivity contribution < 1.29 is 19.4 Å². The number of aliphatic hydroxyl groups excluding tert-OH is 1. The van der Waals surface area contributed by atoms with E-state index in [4.69, 9.17) is 14.7 Å². The van der Waals surface area contributed by atoms with Crippen LogP contribution in [0.2, 0.25) is 0 Å². The average molecular weight is 352 g/mol. The van der Waals surface area contributed by atoms with Crippen LogP contribution in [0.15, 0.2) is 24.3 Å². The van der Waals surface area contributed by atoms with Gasteiger partial charge < -0.3 is 19.9 Å². The molecule has 1 aromatic rings. The van der Waals surface area contributed by atoms with E-state index in [2.05, 4.69) is 5.32 Å². The van der Waals surface area contributed by atoms with Gasteiger partial charge in [-0.1, -0.05) is 33.4 Å². The first-order valence-electron chi connectivity index (χ1n) is 7.95. The van der Waals surface area contributed by atoms with Crippen molar-refractivity contribution in [2.45, 2.75) is 66.2 Å². The number of methoxy groups -OCH3 is 1. The highest BCUT2D eigenvalue weighted by Crippen LogP contribution is 2.14.